The van der Waals surface area contributed by atoms with Gasteiger partial charge in [0.25, 0.3) is 5.91 Å². The topological polar surface area (TPSA) is 97.4 Å². The normalized spacial score (nSPS) is 16.6. The van der Waals surface area contributed by atoms with Crippen LogP contribution >= 0.6 is 0 Å². The van der Waals surface area contributed by atoms with E-state index in [0.29, 0.717) is 11.5 Å². The van der Waals surface area contributed by atoms with Crippen LogP contribution in [0.15, 0.2) is 24.3 Å². The minimum atomic E-state index is -0.667. The van der Waals surface area contributed by atoms with E-state index in [-0.39, 0.29) is 6.04 Å². The molecule has 1 aromatic carbocycles. The summed E-state index contributed by atoms with van der Waals surface area (Å²) in [7, 11) is 0. The molecule has 0 fully saturated rings. The number of nitrogens with one attached hydrogen (secondary N) is 2. The second-order valence-corrected chi connectivity index (χ2v) is 7.68. The Labute approximate surface area is 170 Å². The van der Waals surface area contributed by atoms with Crippen molar-refractivity contribution in [1.29, 1.82) is 0 Å². The fourth-order valence-electron chi connectivity index (χ4n) is 3.52. The number of fused-ring (bicyclic) bond motifs is 2. The van der Waals surface area contributed by atoms with Crippen LogP contribution in [-0.4, -0.2) is 35.5 Å². The van der Waals surface area contributed by atoms with Crippen molar-refractivity contribution in [2.75, 3.05) is 6.61 Å². The number of carbonyl (C=O) groups excluding carboxylic acids is 3. The number of para-hydroxylation sites is 1. The van der Waals surface area contributed by atoms with E-state index in [1.54, 1.807) is 0 Å². The number of aromatic nitrogens is 1. The number of carbonyl (C=O) groups is 3. The second kappa shape index (κ2) is 9.03. The minimum Gasteiger partial charge on any atom is -0.452 e. The zero-order valence-corrected chi connectivity index (χ0v) is 17.1. The van der Waals surface area contributed by atoms with Crippen LogP contribution in [0.5, 0.6) is 0 Å². The number of amides is 3. The van der Waals surface area contributed by atoms with E-state index in [0.717, 1.165) is 47.8 Å². The Morgan fingerprint density at radius 1 is 1.28 bits per heavy atom. The first-order valence-electron chi connectivity index (χ1n) is 10.1. The first kappa shape index (κ1) is 20.8. The van der Waals surface area contributed by atoms with Crippen molar-refractivity contribution in [1.82, 2.24) is 15.6 Å². The van der Waals surface area contributed by atoms with Crippen molar-refractivity contribution in [3.63, 3.8) is 0 Å². The maximum atomic E-state index is 12.9. The number of nitrogens with zero attached hydrogens (tertiary/aromatic N) is 1. The third kappa shape index (κ3) is 4.91. The lowest BCUT2D eigenvalue weighted by Crippen LogP contribution is -2.44. The average molecular weight is 397 g/mol. The number of pyridine rings is 1. The Balaban J connectivity index is 1.76. The molecule has 0 saturated heterocycles. The first-order valence-corrected chi connectivity index (χ1v) is 10.1. The van der Waals surface area contributed by atoms with Gasteiger partial charge in [-0.3, -0.25) is 15.1 Å². The maximum Gasteiger partial charge on any atom is 0.339 e. The molecule has 0 unspecified atom stereocenters. The summed E-state index contributed by atoms with van der Waals surface area (Å²) < 4.78 is 5.27. The van der Waals surface area contributed by atoms with Gasteiger partial charge in [-0.15, -0.1) is 0 Å². The highest BCUT2D eigenvalue weighted by molar-refractivity contribution is 6.06. The van der Waals surface area contributed by atoms with Gasteiger partial charge in [0.2, 0.25) is 0 Å². The Hall–Kier alpha value is -2.96. The van der Waals surface area contributed by atoms with Gasteiger partial charge in [0, 0.05) is 17.1 Å². The molecule has 154 valence electrons. The average Bonchev–Trinajstić information content (AvgIpc) is 2.70. The summed E-state index contributed by atoms with van der Waals surface area (Å²) in [4.78, 5) is 41.4. The van der Waals surface area contributed by atoms with Crippen molar-refractivity contribution in [2.45, 2.75) is 52.5 Å². The lowest BCUT2D eigenvalue weighted by Gasteiger charge is -2.24. The number of rotatable bonds is 5. The SMILES string of the molecule is CC[C@@H](C)NC(=O)NC(=O)COC(=O)c1c2c(nc3ccccc13)CC[C@H](C)C2. The summed E-state index contributed by atoms with van der Waals surface area (Å²) >= 11 is 0. The number of aryl methyl sites for hydroxylation is 1. The molecule has 7 heteroatoms. The van der Waals surface area contributed by atoms with Gasteiger partial charge in [0.05, 0.1) is 11.1 Å². The zero-order valence-electron chi connectivity index (χ0n) is 17.1. The van der Waals surface area contributed by atoms with Gasteiger partial charge in [0.1, 0.15) is 0 Å². The van der Waals surface area contributed by atoms with Gasteiger partial charge in [-0.05, 0) is 50.2 Å². The Bertz CT molecular complexity index is 941. The van der Waals surface area contributed by atoms with Crippen LogP contribution < -0.4 is 10.6 Å². The van der Waals surface area contributed by atoms with Gasteiger partial charge < -0.3 is 10.1 Å². The molecule has 2 N–H and O–H groups in total. The lowest BCUT2D eigenvalue weighted by molar-refractivity contribution is -0.123. The third-order valence-electron chi connectivity index (χ3n) is 5.29. The van der Waals surface area contributed by atoms with E-state index in [4.69, 9.17) is 9.72 Å². The highest BCUT2D eigenvalue weighted by Crippen LogP contribution is 2.31. The highest BCUT2D eigenvalue weighted by Gasteiger charge is 2.26. The van der Waals surface area contributed by atoms with Crippen LogP contribution in [0.1, 0.15) is 55.2 Å². The molecule has 0 aliphatic heterocycles. The summed E-state index contributed by atoms with van der Waals surface area (Å²) in [6, 6.07) is 6.80. The summed E-state index contributed by atoms with van der Waals surface area (Å²) in [6.07, 6.45) is 3.34. The predicted molar refractivity (Wildman–Crippen MR) is 110 cm³/mol. The van der Waals surface area contributed by atoms with E-state index in [1.807, 2.05) is 38.1 Å². The van der Waals surface area contributed by atoms with Crippen LogP contribution in [0, 0.1) is 5.92 Å². The summed E-state index contributed by atoms with van der Waals surface area (Å²) in [5, 5.41) is 5.53. The number of imide groups is 1. The fourth-order valence-corrected chi connectivity index (χ4v) is 3.52. The molecule has 3 rings (SSSR count). The molecule has 1 aliphatic carbocycles. The smallest absolute Gasteiger partial charge is 0.339 e. The number of urea groups is 1. The van der Waals surface area contributed by atoms with Crippen LogP contribution in [-0.2, 0) is 22.4 Å². The quantitative estimate of drug-likeness (QED) is 0.756. The Kier molecular flexibility index (Phi) is 6.46. The molecule has 2 aromatic rings. The molecule has 1 aliphatic rings. The number of esters is 1. The van der Waals surface area contributed by atoms with Crippen LogP contribution in [0.3, 0.4) is 0 Å². The number of hydrogen-bond acceptors (Lipinski definition) is 5. The summed E-state index contributed by atoms with van der Waals surface area (Å²) in [5.41, 5.74) is 3.05. The fraction of sp³-hybridized carbons (Fsp3) is 0.455. The summed E-state index contributed by atoms with van der Waals surface area (Å²) in [6.45, 7) is 5.39. The molecular weight excluding hydrogens is 370 g/mol. The molecule has 0 bridgehead atoms. The van der Waals surface area contributed by atoms with Crippen molar-refractivity contribution in [3.8, 4) is 0 Å². The standard InChI is InChI=1S/C22H27N3O4/c1-4-14(3)23-22(28)25-19(26)12-29-21(27)20-15-7-5-6-8-17(15)24-18-10-9-13(2)11-16(18)20/h5-8,13-14H,4,9-12H2,1-3H3,(H2,23,25,26,28)/t13-,14+/m0/s1. The monoisotopic (exact) mass is 397 g/mol. The van der Waals surface area contributed by atoms with E-state index in [2.05, 4.69) is 17.6 Å². The maximum absolute atomic E-state index is 12.9. The molecule has 0 spiro atoms. The van der Waals surface area contributed by atoms with Crippen molar-refractivity contribution in [3.05, 3.63) is 41.1 Å². The third-order valence-corrected chi connectivity index (χ3v) is 5.29. The lowest BCUT2D eigenvalue weighted by atomic mass is 9.84. The molecule has 0 saturated carbocycles. The first-order chi connectivity index (χ1) is 13.9. The predicted octanol–water partition coefficient (Wildman–Crippen LogP) is 3.14. The second-order valence-electron chi connectivity index (χ2n) is 7.68. The highest BCUT2D eigenvalue weighted by atomic mass is 16.5. The van der Waals surface area contributed by atoms with Crippen LogP contribution in [0.2, 0.25) is 0 Å². The summed E-state index contributed by atoms with van der Waals surface area (Å²) in [5.74, 6) is -0.782. The van der Waals surface area contributed by atoms with E-state index in [1.165, 1.54) is 0 Å². The van der Waals surface area contributed by atoms with Gasteiger partial charge in [0.15, 0.2) is 6.61 Å². The largest absolute Gasteiger partial charge is 0.452 e. The molecule has 1 heterocycles. The molecule has 0 radical (unpaired) electrons. The van der Waals surface area contributed by atoms with Gasteiger partial charge in [-0.1, -0.05) is 32.0 Å². The van der Waals surface area contributed by atoms with Gasteiger partial charge >= 0.3 is 12.0 Å². The van der Waals surface area contributed by atoms with E-state index < -0.39 is 24.5 Å². The van der Waals surface area contributed by atoms with Crippen LogP contribution in [0.25, 0.3) is 10.9 Å². The molecule has 2 atom stereocenters. The molecular formula is C22H27N3O4. The van der Waals surface area contributed by atoms with E-state index in [9.17, 15) is 14.4 Å². The minimum absolute atomic E-state index is 0.0537. The van der Waals surface area contributed by atoms with Crippen molar-refractivity contribution in [2.24, 2.45) is 5.92 Å². The molecule has 3 amide bonds. The van der Waals surface area contributed by atoms with Crippen molar-refractivity contribution < 1.29 is 19.1 Å². The Morgan fingerprint density at radius 3 is 2.79 bits per heavy atom. The number of hydrogen-bond donors (Lipinski definition) is 2. The number of ether oxygens (including phenoxy) is 1. The van der Waals surface area contributed by atoms with Gasteiger partial charge in [-0.25, -0.2) is 9.59 Å². The van der Waals surface area contributed by atoms with Gasteiger partial charge in [-0.2, -0.15) is 0 Å². The Morgan fingerprint density at radius 2 is 2.03 bits per heavy atom. The molecule has 29 heavy (non-hydrogen) atoms. The van der Waals surface area contributed by atoms with E-state index >= 15 is 0 Å². The molecule has 7 nitrogen and oxygen atoms in total. The van der Waals surface area contributed by atoms with Crippen molar-refractivity contribution >= 4 is 28.8 Å². The van der Waals surface area contributed by atoms with Crippen LogP contribution in [0.4, 0.5) is 4.79 Å². The number of benzene rings is 1. The zero-order chi connectivity index (χ0) is 21.0. The molecule has 1 aromatic heterocycles.